The van der Waals surface area contributed by atoms with Gasteiger partial charge in [0.05, 0.1) is 6.04 Å². The molecule has 2 aromatic rings. The molecule has 1 nitrogen and oxygen atoms in total. The molecule has 0 saturated heterocycles. The first kappa shape index (κ1) is 11.8. The van der Waals surface area contributed by atoms with Crippen molar-refractivity contribution >= 4 is 27.3 Å². The van der Waals surface area contributed by atoms with Gasteiger partial charge in [-0.25, -0.2) is 0 Å². The van der Waals surface area contributed by atoms with Crippen LogP contribution >= 0.6 is 27.3 Å². The lowest BCUT2D eigenvalue weighted by molar-refractivity contribution is 0.858. The smallest absolute Gasteiger partial charge is 0.0565 e. The van der Waals surface area contributed by atoms with Crippen LogP contribution in [0.15, 0.2) is 34.1 Å². The normalized spacial score (nSPS) is 12.8. The van der Waals surface area contributed by atoms with Gasteiger partial charge in [-0.1, -0.05) is 22.0 Å². The van der Waals surface area contributed by atoms with Gasteiger partial charge in [0.1, 0.15) is 0 Å². The third-order valence-electron chi connectivity index (χ3n) is 2.81. The predicted octanol–water partition coefficient (Wildman–Crippen LogP) is 4.18. The van der Waals surface area contributed by atoms with Crippen molar-refractivity contribution in [2.24, 2.45) is 5.73 Å². The zero-order valence-corrected chi connectivity index (χ0v) is 11.7. The third kappa shape index (κ3) is 2.21. The molecule has 1 aromatic carbocycles. The summed E-state index contributed by atoms with van der Waals surface area (Å²) in [4.78, 5) is 1.30. The number of nitrogens with two attached hydrogens (primary N) is 1. The molecule has 0 aliphatic carbocycles. The summed E-state index contributed by atoms with van der Waals surface area (Å²) >= 11 is 5.24. The minimum Gasteiger partial charge on any atom is -0.320 e. The molecule has 1 aromatic heterocycles. The monoisotopic (exact) mass is 295 g/mol. The average Bonchev–Trinajstić information content (AvgIpc) is 2.67. The van der Waals surface area contributed by atoms with Crippen LogP contribution in [0.2, 0.25) is 0 Å². The fourth-order valence-corrected chi connectivity index (χ4v) is 2.96. The van der Waals surface area contributed by atoms with Crippen LogP contribution in [0, 0.1) is 13.8 Å². The molecule has 0 saturated carbocycles. The van der Waals surface area contributed by atoms with E-state index in [1.807, 2.05) is 6.07 Å². The maximum absolute atomic E-state index is 6.32. The molecule has 84 valence electrons. The molecule has 0 spiro atoms. The van der Waals surface area contributed by atoms with Crippen molar-refractivity contribution in [2.75, 3.05) is 0 Å². The second kappa shape index (κ2) is 4.70. The first-order valence-corrected chi connectivity index (χ1v) is 6.82. The van der Waals surface area contributed by atoms with Crippen LogP contribution in [0.25, 0.3) is 0 Å². The number of halogens is 1. The Morgan fingerprint density at radius 1 is 1.19 bits per heavy atom. The standard InChI is InChI=1S/C13H14BrNS/c1-8-3-4-10(14)7-12(8)13(15)11-5-6-16-9(11)2/h3-7,13H,15H2,1-2H3. The summed E-state index contributed by atoms with van der Waals surface area (Å²) in [6, 6.07) is 8.35. The zero-order chi connectivity index (χ0) is 11.7. The second-order valence-electron chi connectivity index (χ2n) is 3.91. The second-order valence-corrected chi connectivity index (χ2v) is 5.95. The van der Waals surface area contributed by atoms with Crippen LogP contribution in [0.4, 0.5) is 0 Å². The van der Waals surface area contributed by atoms with Gasteiger partial charge in [-0.05, 0) is 54.1 Å². The SMILES string of the molecule is Cc1ccc(Br)cc1C(N)c1ccsc1C. The average molecular weight is 296 g/mol. The number of thiophene rings is 1. The Morgan fingerprint density at radius 2 is 1.94 bits per heavy atom. The van der Waals surface area contributed by atoms with E-state index < -0.39 is 0 Å². The first-order chi connectivity index (χ1) is 7.59. The predicted molar refractivity (Wildman–Crippen MR) is 74.0 cm³/mol. The molecule has 1 heterocycles. The minimum absolute atomic E-state index is 0.0243. The van der Waals surface area contributed by atoms with E-state index in [0.29, 0.717) is 0 Å². The van der Waals surface area contributed by atoms with E-state index in [9.17, 15) is 0 Å². The van der Waals surface area contributed by atoms with Crippen molar-refractivity contribution in [1.29, 1.82) is 0 Å². The van der Waals surface area contributed by atoms with Gasteiger partial charge in [-0.3, -0.25) is 0 Å². The number of hydrogen-bond donors (Lipinski definition) is 1. The van der Waals surface area contributed by atoms with Gasteiger partial charge in [0, 0.05) is 9.35 Å². The summed E-state index contributed by atoms with van der Waals surface area (Å²) < 4.78 is 1.08. The van der Waals surface area contributed by atoms with Crippen LogP contribution in [0.5, 0.6) is 0 Å². The highest BCUT2D eigenvalue weighted by Gasteiger charge is 2.14. The molecule has 0 aliphatic heterocycles. The molecule has 0 fully saturated rings. The molecule has 1 unspecified atom stereocenters. The number of aryl methyl sites for hydroxylation is 2. The van der Waals surface area contributed by atoms with E-state index in [1.165, 1.54) is 21.6 Å². The van der Waals surface area contributed by atoms with E-state index in [0.717, 1.165) is 4.47 Å². The highest BCUT2D eigenvalue weighted by molar-refractivity contribution is 9.10. The van der Waals surface area contributed by atoms with E-state index in [1.54, 1.807) is 11.3 Å². The van der Waals surface area contributed by atoms with Crippen LogP contribution in [0.3, 0.4) is 0 Å². The van der Waals surface area contributed by atoms with Crippen LogP contribution < -0.4 is 5.73 Å². The highest BCUT2D eigenvalue weighted by Crippen LogP contribution is 2.29. The molecule has 0 aliphatic rings. The van der Waals surface area contributed by atoms with Crippen molar-refractivity contribution in [3.63, 3.8) is 0 Å². The Balaban J connectivity index is 2.45. The Bertz CT molecular complexity index is 504. The van der Waals surface area contributed by atoms with Crippen LogP contribution in [0.1, 0.15) is 27.6 Å². The van der Waals surface area contributed by atoms with Gasteiger partial charge in [-0.15, -0.1) is 11.3 Å². The molecule has 16 heavy (non-hydrogen) atoms. The van der Waals surface area contributed by atoms with Gasteiger partial charge >= 0.3 is 0 Å². The molecule has 2 rings (SSSR count). The lowest BCUT2D eigenvalue weighted by Crippen LogP contribution is -2.13. The highest BCUT2D eigenvalue weighted by atomic mass is 79.9. The Morgan fingerprint density at radius 3 is 2.56 bits per heavy atom. The van der Waals surface area contributed by atoms with Crippen LogP contribution in [-0.4, -0.2) is 0 Å². The Hall–Kier alpha value is -0.640. The maximum atomic E-state index is 6.32. The van der Waals surface area contributed by atoms with Crippen molar-refractivity contribution in [1.82, 2.24) is 0 Å². The maximum Gasteiger partial charge on any atom is 0.0565 e. The van der Waals surface area contributed by atoms with Gasteiger partial charge in [0.25, 0.3) is 0 Å². The van der Waals surface area contributed by atoms with E-state index in [2.05, 4.69) is 53.4 Å². The minimum atomic E-state index is -0.0243. The lowest BCUT2D eigenvalue weighted by Gasteiger charge is -2.15. The summed E-state index contributed by atoms with van der Waals surface area (Å²) in [5.41, 5.74) is 9.97. The molecule has 0 amide bonds. The summed E-state index contributed by atoms with van der Waals surface area (Å²) in [7, 11) is 0. The summed E-state index contributed by atoms with van der Waals surface area (Å²) in [5.74, 6) is 0. The largest absolute Gasteiger partial charge is 0.320 e. The molecule has 1 atom stereocenters. The molecule has 0 radical (unpaired) electrons. The zero-order valence-electron chi connectivity index (χ0n) is 9.33. The summed E-state index contributed by atoms with van der Waals surface area (Å²) in [6.07, 6.45) is 0. The van der Waals surface area contributed by atoms with Crippen molar-refractivity contribution in [3.05, 3.63) is 55.7 Å². The Labute approximate surface area is 108 Å². The molecular formula is C13H14BrNS. The quantitative estimate of drug-likeness (QED) is 0.884. The molecule has 0 bridgehead atoms. The van der Waals surface area contributed by atoms with Gasteiger partial charge < -0.3 is 5.73 Å². The fourth-order valence-electron chi connectivity index (χ4n) is 1.83. The van der Waals surface area contributed by atoms with Gasteiger partial charge in [0.15, 0.2) is 0 Å². The number of hydrogen-bond acceptors (Lipinski definition) is 2. The Kier molecular flexibility index (Phi) is 3.47. The number of rotatable bonds is 2. The van der Waals surface area contributed by atoms with Gasteiger partial charge in [0.2, 0.25) is 0 Å². The van der Waals surface area contributed by atoms with E-state index in [-0.39, 0.29) is 6.04 Å². The number of benzene rings is 1. The molecule has 3 heteroatoms. The van der Waals surface area contributed by atoms with Crippen molar-refractivity contribution in [2.45, 2.75) is 19.9 Å². The van der Waals surface area contributed by atoms with E-state index >= 15 is 0 Å². The fraction of sp³-hybridized carbons (Fsp3) is 0.231. The topological polar surface area (TPSA) is 26.0 Å². The lowest BCUT2D eigenvalue weighted by atomic mass is 9.96. The van der Waals surface area contributed by atoms with E-state index in [4.69, 9.17) is 5.73 Å². The third-order valence-corrected chi connectivity index (χ3v) is 4.17. The van der Waals surface area contributed by atoms with Crippen molar-refractivity contribution < 1.29 is 0 Å². The molecular weight excluding hydrogens is 282 g/mol. The first-order valence-electron chi connectivity index (χ1n) is 5.15. The summed E-state index contributed by atoms with van der Waals surface area (Å²) in [6.45, 7) is 4.22. The van der Waals surface area contributed by atoms with Gasteiger partial charge in [-0.2, -0.15) is 0 Å². The molecule has 2 N–H and O–H groups in total. The van der Waals surface area contributed by atoms with Crippen molar-refractivity contribution in [3.8, 4) is 0 Å². The summed E-state index contributed by atoms with van der Waals surface area (Å²) in [5, 5.41) is 2.10. The van der Waals surface area contributed by atoms with Crippen LogP contribution in [-0.2, 0) is 0 Å².